The third-order valence-corrected chi connectivity index (χ3v) is 1.73. The molecule has 0 saturated carbocycles. The van der Waals surface area contributed by atoms with Gasteiger partial charge in [0.15, 0.2) is 0 Å². The van der Waals surface area contributed by atoms with Crippen molar-refractivity contribution in [1.82, 2.24) is 0 Å². The van der Waals surface area contributed by atoms with E-state index in [9.17, 15) is 4.79 Å². The van der Waals surface area contributed by atoms with Crippen molar-refractivity contribution in [2.24, 2.45) is 0 Å². The third-order valence-electron chi connectivity index (χ3n) is 1.73. The Morgan fingerprint density at radius 2 is 1.93 bits per heavy atom. The summed E-state index contributed by atoms with van der Waals surface area (Å²) in [6, 6.07) is 9.97. The normalized spacial score (nSPS) is 9.71. The Labute approximate surface area is 83.6 Å². The van der Waals surface area contributed by atoms with Gasteiger partial charge in [0, 0.05) is 6.42 Å². The van der Waals surface area contributed by atoms with E-state index >= 15 is 0 Å². The number of carbonyl (C=O) groups is 1. The van der Waals surface area contributed by atoms with Gasteiger partial charge in [-0.2, -0.15) is 0 Å². The second-order valence-corrected chi connectivity index (χ2v) is 2.86. The number of ether oxygens (including phenoxy) is 2. The van der Waals surface area contributed by atoms with Gasteiger partial charge < -0.3 is 9.47 Å². The molecule has 0 saturated heterocycles. The molecule has 0 unspecified atom stereocenters. The van der Waals surface area contributed by atoms with E-state index in [4.69, 9.17) is 4.74 Å². The largest absolute Gasteiger partial charge is 0.468 e. The quantitative estimate of drug-likeness (QED) is 0.490. The molecule has 3 nitrogen and oxygen atoms in total. The number of hydrogen-bond donors (Lipinski definition) is 0. The Hall–Kier alpha value is -1.35. The van der Waals surface area contributed by atoms with Gasteiger partial charge in [-0.05, 0) is 5.56 Å². The molecular weight excluding hydrogens is 180 g/mol. The van der Waals surface area contributed by atoms with Gasteiger partial charge >= 0.3 is 0 Å². The number of benzene rings is 1. The minimum atomic E-state index is 0.429. The van der Waals surface area contributed by atoms with E-state index in [0.29, 0.717) is 26.3 Å². The van der Waals surface area contributed by atoms with Crippen LogP contribution < -0.4 is 0 Å². The number of hydrogen-bond acceptors (Lipinski definition) is 3. The second-order valence-electron chi connectivity index (χ2n) is 2.86. The maximum Gasteiger partial charge on any atom is 0.293 e. The van der Waals surface area contributed by atoms with Crippen molar-refractivity contribution in [1.29, 1.82) is 0 Å². The summed E-state index contributed by atoms with van der Waals surface area (Å²) < 4.78 is 9.90. The van der Waals surface area contributed by atoms with Gasteiger partial charge in [0.1, 0.15) is 0 Å². The Bertz CT molecular complexity index is 246. The summed E-state index contributed by atoms with van der Waals surface area (Å²) >= 11 is 0. The molecule has 1 aromatic rings. The molecule has 0 aliphatic carbocycles. The van der Waals surface area contributed by atoms with Crippen LogP contribution in [0.1, 0.15) is 12.0 Å². The van der Waals surface area contributed by atoms with Crippen molar-refractivity contribution in [2.45, 2.75) is 13.0 Å². The summed E-state index contributed by atoms with van der Waals surface area (Å²) in [6.45, 7) is 2.11. The lowest BCUT2D eigenvalue weighted by molar-refractivity contribution is -0.129. The van der Waals surface area contributed by atoms with Crippen molar-refractivity contribution in [3.63, 3.8) is 0 Å². The predicted molar refractivity (Wildman–Crippen MR) is 52.7 cm³/mol. The summed E-state index contributed by atoms with van der Waals surface area (Å²) in [4.78, 5) is 9.80. The van der Waals surface area contributed by atoms with E-state index in [1.165, 1.54) is 0 Å². The number of carbonyl (C=O) groups excluding carboxylic acids is 1. The van der Waals surface area contributed by atoms with Crippen LogP contribution in [-0.4, -0.2) is 19.7 Å². The first-order valence-electron chi connectivity index (χ1n) is 4.60. The zero-order valence-corrected chi connectivity index (χ0v) is 8.02. The van der Waals surface area contributed by atoms with E-state index < -0.39 is 0 Å². The first-order chi connectivity index (χ1) is 6.93. The average molecular weight is 194 g/mol. The summed E-state index contributed by atoms with van der Waals surface area (Å²) in [5.74, 6) is 0. The minimum Gasteiger partial charge on any atom is -0.468 e. The van der Waals surface area contributed by atoms with Crippen molar-refractivity contribution < 1.29 is 14.3 Å². The van der Waals surface area contributed by atoms with Gasteiger partial charge in [0.2, 0.25) is 0 Å². The van der Waals surface area contributed by atoms with Gasteiger partial charge in [0.25, 0.3) is 6.47 Å². The molecule has 76 valence electrons. The molecule has 0 aliphatic heterocycles. The van der Waals surface area contributed by atoms with Gasteiger partial charge in [-0.1, -0.05) is 30.3 Å². The molecule has 1 aromatic carbocycles. The zero-order valence-electron chi connectivity index (χ0n) is 8.02. The Morgan fingerprint density at radius 3 is 2.64 bits per heavy atom. The average Bonchev–Trinajstić information content (AvgIpc) is 2.25. The van der Waals surface area contributed by atoms with Crippen molar-refractivity contribution in [3.8, 4) is 0 Å². The van der Waals surface area contributed by atoms with Crippen LogP contribution in [0.4, 0.5) is 0 Å². The standard InChI is InChI=1S/C11H14O3/c12-10-14-8-4-7-13-9-11-5-2-1-3-6-11/h1-3,5-6,10H,4,7-9H2. The topological polar surface area (TPSA) is 35.5 Å². The lowest BCUT2D eigenvalue weighted by Gasteiger charge is -2.03. The molecule has 0 bridgehead atoms. The van der Waals surface area contributed by atoms with E-state index in [0.717, 1.165) is 12.0 Å². The second kappa shape index (κ2) is 7.09. The van der Waals surface area contributed by atoms with Crippen LogP contribution in [0, 0.1) is 0 Å². The fourth-order valence-corrected chi connectivity index (χ4v) is 1.06. The van der Waals surface area contributed by atoms with Crippen molar-refractivity contribution >= 4 is 6.47 Å². The number of rotatable bonds is 7. The molecule has 3 heteroatoms. The monoisotopic (exact) mass is 194 g/mol. The highest BCUT2D eigenvalue weighted by molar-refractivity contribution is 5.36. The molecule has 0 heterocycles. The molecule has 14 heavy (non-hydrogen) atoms. The summed E-state index contributed by atoms with van der Waals surface area (Å²) in [5.41, 5.74) is 1.16. The lowest BCUT2D eigenvalue weighted by Crippen LogP contribution is -2.00. The molecule has 0 N–H and O–H groups in total. The van der Waals surface area contributed by atoms with Crippen molar-refractivity contribution in [3.05, 3.63) is 35.9 Å². The molecule has 0 amide bonds. The van der Waals surface area contributed by atoms with Gasteiger partial charge in [0.05, 0.1) is 19.8 Å². The van der Waals surface area contributed by atoms with Crippen LogP contribution in [0.5, 0.6) is 0 Å². The fraction of sp³-hybridized carbons (Fsp3) is 0.364. The molecule has 0 aliphatic rings. The van der Waals surface area contributed by atoms with Crippen LogP contribution in [0.3, 0.4) is 0 Å². The van der Waals surface area contributed by atoms with Gasteiger partial charge in [-0.15, -0.1) is 0 Å². The van der Waals surface area contributed by atoms with Crippen LogP contribution in [0.25, 0.3) is 0 Å². The molecule has 0 aromatic heterocycles. The zero-order chi connectivity index (χ0) is 10.1. The molecule has 0 fully saturated rings. The van der Waals surface area contributed by atoms with Gasteiger partial charge in [-0.25, -0.2) is 0 Å². The molecule has 0 atom stereocenters. The highest BCUT2D eigenvalue weighted by atomic mass is 16.5. The predicted octanol–water partition coefficient (Wildman–Crippen LogP) is 1.77. The van der Waals surface area contributed by atoms with E-state index in [1.54, 1.807) is 0 Å². The highest BCUT2D eigenvalue weighted by Gasteiger charge is 1.91. The lowest BCUT2D eigenvalue weighted by atomic mass is 10.2. The fourth-order valence-electron chi connectivity index (χ4n) is 1.06. The van der Waals surface area contributed by atoms with E-state index in [1.807, 2.05) is 30.3 Å². The Morgan fingerprint density at radius 1 is 1.14 bits per heavy atom. The minimum absolute atomic E-state index is 0.429. The maximum atomic E-state index is 9.80. The van der Waals surface area contributed by atoms with E-state index in [-0.39, 0.29) is 0 Å². The summed E-state index contributed by atoms with van der Waals surface area (Å²) in [5, 5.41) is 0. The smallest absolute Gasteiger partial charge is 0.293 e. The third kappa shape index (κ3) is 4.62. The SMILES string of the molecule is O=COCCCOCc1ccccc1. The highest BCUT2D eigenvalue weighted by Crippen LogP contribution is 2.00. The molecule has 0 spiro atoms. The molecular formula is C11H14O3. The Kier molecular flexibility index (Phi) is 5.43. The summed E-state index contributed by atoms with van der Waals surface area (Å²) in [7, 11) is 0. The first kappa shape index (κ1) is 10.7. The molecule has 1 rings (SSSR count). The van der Waals surface area contributed by atoms with Gasteiger partial charge in [-0.3, -0.25) is 4.79 Å². The van der Waals surface area contributed by atoms with Crippen LogP contribution >= 0.6 is 0 Å². The van der Waals surface area contributed by atoms with Crippen LogP contribution in [-0.2, 0) is 20.9 Å². The maximum absolute atomic E-state index is 9.80. The van der Waals surface area contributed by atoms with Crippen LogP contribution in [0.15, 0.2) is 30.3 Å². The van der Waals surface area contributed by atoms with E-state index in [2.05, 4.69) is 4.74 Å². The van der Waals surface area contributed by atoms with Crippen molar-refractivity contribution in [2.75, 3.05) is 13.2 Å². The Balaban J connectivity index is 2.02. The first-order valence-corrected chi connectivity index (χ1v) is 4.60. The molecule has 0 radical (unpaired) electrons. The summed E-state index contributed by atoms with van der Waals surface area (Å²) in [6.07, 6.45) is 0.742. The van der Waals surface area contributed by atoms with Crippen LogP contribution in [0.2, 0.25) is 0 Å².